The van der Waals surface area contributed by atoms with Crippen LogP contribution in [0, 0.1) is 19.8 Å². The Morgan fingerprint density at radius 1 is 0.925 bits per heavy atom. The Bertz CT molecular complexity index is 1430. The fraction of sp³-hybridized carbons (Fsp3) is 0.355. The van der Waals surface area contributed by atoms with Crippen LogP contribution in [0.25, 0.3) is 0 Å². The molecule has 214 valence electrons. The second kappa shape index (κ2) is 13.9. The van der Waals surface area contributed by atoms with Crippen molar-refractivity contribution in [1.82, 2.24) is 10.2 Å². The molecule has 2 amide bonds. The minimum absolute atomic E-state index is 0.134. The van der Waals surface area contributed by atoms with Crippen molar-refractivity contribution in [1.29, 1.82) is 0 Å². The van der Waals surface area contributed by atoms with E-state index in [-0.39, 0.29) is 24.8 Å². The van der Waals surface area contributed by atoms with Gasteiger partial charge in [-0.2, -0.15) is 0 Å². The average molecular weight is 629 g/mol. The maximum atomic E-state index is 14.2. The molecule has 0 unspecified atom stereocenters. The summed E-state index contributed by atoms with van der Waals surface area (Å²) in [5.74, 6) is -0.522. The Morgan fingerprint density at radius 3 is 2.20 bits per heavy atom. The van der Waals surface area contributed by atoms with Gasteiger partial charge in [-0.25, -0.2) is 8.42 Å². The molecule has 0 heterocycles. The van der Waals surface area contributed by atoms with Crippen molar-refractivity contribution in [2.45, 2.75) is 46.7 Å². The summed E-state index contributed by atoms with van der Waals surface area (Å²) >= 11 is 3.49. The molecule has 40 heavy (non-hydrogen) atoms. The molecular formula is C31H38BrN3O4S. The highest BCUT2D eigenvalue weighted by molar-refractivity contribution is 9.10. The first-order valence-electron chi connectivity index (χ1n) is 13.3. The summed E-state index contributed by atoms with van der Waals surface area (Å²) in [6.07, 6.45) is 1.38. The molecule has 1 atom stereocenters. The zero-order valence-corrected chi connectivity index (χ0v) is 26.1. The van der Waals surface area contributed by atoms with Crippen LogP contribution in [-0.4, -0.2) is 50.5 Å². The third-order valence-electron chi connectivity index (χ3n) is 6.72. The topological polar surface area (TPSA) is 86.8 Å². The van der Waals surface area contributed by atoms with Crippen molar-refractivity contribution in [3.63, 3.8) is 0 Å². The lowest BCUT2D eigenvalue weighted by Gasteiger charge is -2.34. The third-order valence-corrected chi connectivity index (χ3v) is 8.34. The van der Waals surface area contributed by atoms with E-state index in [1.807, 2.05) is 88.4 Å². The molecule has 0 radical (unpaired) electrons. The van der Waals surface area contributed by atoms with E-state index in [4.69, 9.17) is 0 Å². The zero-order valence-electron chi connectivity index (χ0n) is 23.7. The Labute approximate surface area is 246 Å². The lowest BCUT2D eigenvalue weighted by atomic mass is 10.0. The average Bonchev–Trinajstić information content (AvgIpc) is 2.89. The molecule has 1 N–H and O–H groups in total. The molecule has 0 aliphatic heterocycles. The van der Waals surface area contributed by atoms with Gasteiger partial charge in [-0.15, -0.1) is 0 Å². The molecule has 0 aliphatic carbocycles. The van der Waals surface area contributed by atoms with Crippen LogP contribution in [0.2, 0.25) is 0 Å². The van der Waals surface area contributed by atoms with E-state index in [1.165, 1.54) is 4.90 Å². The summed E-state index contributed by atoms with van der Waals surface area (Å²) in [4.78, 5) is 29.3. The Balaban J connectivity index is 2.07. The summed E-state index contributed by atoms with van der Waals surface area (Å²) < 4.78 is 28.0. The second-order valence-corrected chi connectivity index (χ2v) is 13.3. The molecule has 0 fully saturated rings. The third kappa shape index (κ3) is 8.66. The van der Waals surface area contributed by atoms with Gasteiger partial charge in [0.1, 0.15) is 12.6 Å². The predicted molar refractivity (Wildman–Crippen MR) is 165 cm³/mol. The van der Waals surface area contributed by atoms with Crippen LogP contribution in [-0.2, 0) is 32.6 Å². The van der Waals surface area contributed by atoms with E-state index in [1.54, 1.807) is 12.1 Å². The van der Waals surface area contributed by atoms with E-state index in [0.717, 1.165) is 37.3 Å². The van der Waals surface area contributed by atoms with Crippen LogP contribution < -0.4 is 9.62 Å². The number of benzene rings is 3. The monoisotopic (exact) mass is 627 g/mol. The summed E-state index contributed by atoms with van der Waals surface area (Å²) in [5.41, 5.74) is 3.85. The van der Waals surface area contributed by atoms with Gasteiger partial charge >= 0.3 is 0 Å². The van der Waals surface area contributed by atoms with E-state index in [0.29, 0.717) is 12.2 Å². The van der Waals surface area contributed by atoms with Crippen LogP contribution in [0.3, 0.4) is 0 Å². The molecule has 0 bridgehead atoms. The Hall–Kier alpha value is -3.17. The molecule has 3 aromatic carbocycles. The number of rotatable bonds is 12. The van der Waals surface area contributed by atoms with Crippen LogP contribution in [0.15, 0.2) is 77.3 Å². The van der Waals surface area contributed by atoms with Crippen LogP contribution in [0.5, 0.6) is 0 Å². The molecular weight excluding hydrogens is 590 g/mol. The first kappa shape index (κ1) is 31.4. The normalized spacial score (nSPS) is 12.2. The Kier molecular flexibility index (Phi) is 10.9. The highest BCUT2D eigenvalue weighted by atomic mass is 79.9. The van der Waals surface area contributed by atoms with E-state index in [2.05, 4.69) is 21.2 Å². The van der Waals surface area contributed by atoms with Crippen molar-refractivity contribution in [2.24, 2.45) is 5.92 Å². The second-order valence-electron chi connectivity index (χ2n) is 10.5. The summed E-state index contributed by atoms with van der Waals surface area (Å²) in [6.45, 7) is 7.91. The molecule has 0 saturated carbocycles. The molecule has 7 nitrogen and oxygen atoms in total. The van der Waals surface area contributed by atoms with Gasteiger partial charge in [-0.05, 0) is 60.2 Å². The molecule has 0 spiro atoms. The number of nitrogens with zero attached hydrogens (tertiary/aromatic N) is 2. The summed E-state index contributed by atoms with van der Waals surface area (Å²) in [6, 6.07) is 21.6. The number of carbonyl (C=O) groups is 2. The smallest absolute Gasteiger partial charge is 0.244 e. The first-order valence-corrected chi connectivity index (χ1v) is 15.9. The summed E-state index contributed by atoms with van der Waals surface area (Å²) in [7, 11) is -3.81. The number of amides is 2. The maximum absolute atomic E-state index is 14.2. The lowest BCUT2D eigenvalue weighted by molar-refractivity contribution is -0.140. The number of hydrogen-bond donors (Lipinski definition) is 1. The van der Waals surface area contributed by atoms with Crippen molar-refractivity contribution in [2.75, 3.05) is 23.7 Å². The molecule has 9 heteroatoms. The van der Waals surface area contributed by atoms with Gasteiger partial charge in [0.2, 0.25) is 21.8 Å². The first-order chi connectivity index (χ1) is 18.9. The number of sulfonamides is 1. The van der Waals surface area contributed by atoms with Crippen LogP contribution in [0.1, 0.15) is 36.1 Å². The van der Waals surface area contributed by atoms with Crippen molar-refractivity contribution >= 4 is 43.5 Å². The number of nitrogens with one attached hydrogen (secondary N) is 1. The van der Waals surface area contributed by atoms with E-state index >= 15 is 0 Å². The lowest BCUT2D eigenvalue weighted by Crippen LogP contribution is -2.53. The van der Waals surface area contributed by atoms with Crippen molar-refractivity contribution in [3.8, 4) is 0 Å². The van der Waals surface area contributed by atoms with Crippen molar-refractivity contribution in [3.05, 3.63) is 99.5 Å². The summed E-state index contributed by atoms with van der Waals surface area (Å²) in [5, 5.41) is 2.99. The van der Waals surface area contributed by atoms with Gasteiger partial charge in [-0.3, -0.25) is 13.9 Å². The van der Waals surface area contributed by atoms with Gasteiger partial charge < -0.3 is 10.2 Å². The van der Waals surface area contributed by atoms with Crippen LogP contribution in [0.4, 0.5) is 5.69 Å². The number of anilines is 1. The number of hydrogen-bond acceptors (Lipinski definition) is 4. The zero-order chi connectivity index (χ0) is 29.4. The fourth-order valence-corrected chi connectivity index (χ4v) is 5.76. The maximum Gasteiger partial charge on any atom is 0.244 e. The Morgan fingerprint density at radius 2 is 1.57 bits per heavy atom. The SMILES string of the molecule is Cc1cccc(N(CC(=O)N(Cc2cccc(Br)c2)[C@H](Cc2ccccc2)C(=O)NCC(C)C)S(C)(=O)=O)c1C. The minimum atomic E-state index is -3.81. The van der Waals surface area contributed by atoms with Gasteiger partial charge in [0.15, 0.2) is 0 Å². The number of aryl methyl sites for hydroxylation is 1. The molecule has 0 aromatic heterocycles. The molecule has 3 aromatic rings. The standard InChI is InChI=1S/C31H38BrN3O4S/c1-22(2)19-33-31(37)29(18-25-12-7-6-8-13-25)34(20-26-14-10-15-27(32)17-26)30(36)21-35(40(5,38)39)28-16-9-11-23(3)24(28)4/h6-17,22,29H,18-21H2,1-5H3,(H,33,37)/t29-/m1/s1. The largest absolute Gasteiger partial charge is 0.354 e. The van der Waals surface area contributed by atoms with E-state index in [9.17, 15) is 18.0 Å². The molecule has 0 saturated heterocycles. The van der Waals surface area contributed by atoms with Gasteiger partial charge in [-0.1, -0.05) is 84.4 Å². The van der Waals surface area contributed by atoms with Gasteiger partial charge in [0.25, 0.3) is 0 Å². The fourth-order valence-electron chi connectivity index (χ4n) is 4.41. The predicted octanol–water partition coefficient (Wildman–Crippen LogP) is 5.24. The highest BCUT2D eigenvalue weighted by Crippen LogP contribution is 2.26. The van der Waals surface area contributed by atoms with Crippen LogP contribution >= 0.6 is 15.9 Å². The van der Waals surface area contributed by atoms with E-state index < -0.39 is 28.5 Å². The molecule has 0 aliphatic rings. The van der Waals surface area contributed by atoms with Gasteiger partial charge in [0.05, 0.1) is 11.9 Å². The highest BCUT2D eigenvalue weighted by Gasteiger charge is 2.33. The number of carbonyl (C=O) groups excluding carboxylic acids is 2. The van der Waals surface area contributed by atoms with Crippen molar-refractivity contribution < 1.29 is 18.0 Å². The minimum Gasteiger partial charge on any atom is -0.354 e. The number of halogens is 1. The quantitative estimate of drug-likeness (QED) is 0.297. The molecule has 3 rings (SSSR count). The van der Waals surface area contributed by atoms with Gasteiger partial charge in [0, 0.05) is 24.0 Å².